The molecule has 0 fully saturated rings. The normalized spacial score (nSPS) is 11.5. The minimum Gasteiger partial charge on any atom is -0.489 e. The molecule has 38 heavy (non-hydrogen) atoms. The second-order valence-electron chi connectivity index (χ2n) is 8.76. The van der Waals surface area contributed by atoms with E-state index in [-0.39, 0.29) is 46.4 Å². The van der Waals surface area contributed by atoms with Crippen LogP contribution in [-0.2, 0) is 21.3 Å². The number of benzene rings is 3. The first-order valence-corrected chi connectivity index (χ1v) is 13.3. The Labute approximate surface area is 218 Å². The topological polar surface area (TPSA) is 129 Å². The fraction of sp³-hybridized carbons (Fsp3) is 0.185. The number of carbonyl (C=O) groups excluding carboxylic acids is 2. The molecule has 0 spiro atoms. The number of halogens is 1. The number of carbonyl (C=O) groups is 2. The van der Waals surface area contributed by atoms with Gasteiger partial charge in [0.2, 0.25) is 10.0 Å². The van der Waals surface area contributed by atoms with Crippen molar-refractivity contribution >= 4 is 38.7 Å². The van der Waals surface area contributed by atoms with Gasteiger partial charge in [-0.1, -0.05) is 30.3 Å². The van der Waals surface area contributed by atoms with E-state index < -0.39 is 27.9 Å². The molecule has 0 unspecified atom stereocenters. The molecule has 0 atom stereocenters. The minimum atomic E-state index is -3.82. The second-order valence-corrected chi connectivity index (χ2v) is 10.7. The number of ether oxygens (including phenoxy) is 2. The lowest BCUT2D eigenvalue weighted by Gasteiger charge is -2.25. The van der Waals surface area contributed by atoms with Crippen molar-refractivity contribution in [1.82, 2.24) is 0 Å². The van der Waals surface area contributed by atoms with Crippen molar-refractivity contribution in [3.8, 4) is 17.1 Å². The number of amides is 1. The summed E-state index contributed by atoms with van der Waals surface area (Å²) in [5.74, 6) is -1.48. The van der Waals surface area contributed by atoms with Gasteiger partial charge in [-0.15, -0.1) is 0 Å². The molecule has 4 aromatic rings. The van der Waals surface area contributed by atoms with Crippen LogP contribution in [0, 0.1) is 5.82 Å². The maximum absolute atomic E-state index is 13.6. The highest BCUT2D eigenvalue weighted by atomic mass is 32.2. The number of rotatable bonds is 8. The number of sulfonamides is 1. The van der Waals surface area contributed by atoms with E-state index in [0.29, 0.717) is 5.56 Å². The Bertz CT molecular complexity index is 1600. The number of primary amides is 1. The Morgan fingerprint density at radius 2 is 1.71 bits per heavy atom. The number of anilines is 1. The van der Waals surface area contributed by atoms with E-state index in [1.54, 1.807) is 38.1 Å². The minimum absolute atomic E-state index is 0.00172. The molecule has 0 radical (unpaired) electrons. The largest absolute Gasteiger partial charge is 0.489 e. The maximum atomic E-state index is 13.6. The van der Waals surface area contributed by atoms with Crippen molar-refractivity contribution < 1.29 is 36.3 Å². The maximum Gasteiger partial charge on any atom is 0.412 e. The van der Waals surface area contributed by atoms with Gasteiger partial charge in [-0.3, -0.25) is 4.31 Å². The highest BCUT2D eigenvalue weighted by Gasteiger charge is 2.29. The molecule has 0 aliphatic rings. The van der Waals surface area contributed by atoms with E-state index in [9.17, 15) is 22.4 Å². The molecule has 1 aromatic heterocycles. The molecular weight excluding hydrogens is 515 g/mol. The van der Waals surface area contributed by atoms with Gasteiger partial charge in [0.1, 0.15) is 28.5 Å². The molecule has 0 aliphatic carbocycles. The molecule has 1 heterocycles. The van der Waals surface area contributed by atoms with E-state index in [1.165, 1.54) is 40.7 Å². The average Bonchev–Trinajstić information content (AvgIpc) is 3.20. The van der Waals surface area contributed by atoms with E-state index in [4.69, 9.17) is 14.9 Å². The summed E-state index contributed by atoms with van der Waals surface area (Å²) in [5.41, 5.74) is 6.24. The van der Waals surface area contributed by atoms with Crippen molar-refractivity contribution in [2.75, 3.05) is 10.6 Å². The van der Waals surface area contributed by atoms with Crippen LogP contribution in [0.25, 0.3) is 22.3 Å². The van der Waals surface area contributed by atoms with E-state index >= 15 is 0 Å². The highest BCUT2D eigenvalue weighted by molar-refractivity contribution is 7.92. The van der Waals surface area contributed by atoms with Gasteiger partial charge in [-0.2, -0.15) is 0 Å². The Morgan fingerprint density at radius 3 is 2.29 bits per heavy atom. The third kappa shape index (κ3) is 5.78. The molecule has 198 valence electrons. The SMILES string of the molecule is CC(C)Oc1cc2c(C(=O)OC(N)=O)c(-c3ccc(F)cc3)oc2cc1N(Cc1ccccc1)S(C)(=O)=O. The summed E-state index contributed by atoms with van der Waals surface area (Å²) in [6, 6.07) is 17.0. The van der Waals surface area contributed by atoms with Crippen molar-refractivity contribution in [3.05, 3.63) is 83.7 Å². The third-order valence-electron chi connectivity index (χ3n) is 5.47. The summed E-state index contributed by atoms with van der Waals surface area (Å²) in [6.07, 6.45) is -0.620. The zero-order chi connectivity index (χ0) is 27.6. The number of nitrogens with two attached hydrogens (primary N) is 1. The first kappa shape index (κ1) is 26.7. The van der Waals surface area contributed by atoms with E-state index in [2.05, 4.69) is 4.74 Å². The lowest BCUT2D eigenvalue weighted by molar-refractivity contribution is 0.0640. The number of hydrogen-bond acceptors (Lipinski definition) is 7. The lowest BCUT2D eigenvalue weighted by atomic mass is 10.0. The van der Waals surface area contributed by atoms with Gasteiger partial charge in [0.05, 0.1) is 24.6 Å². The van der Waals surface area contributed by atoms with Gasteiger partial charge >= 0.3 is 12.1 Å². The summed E-state index contributed by atoms with van der Waals surface area (Å²) in [7, 11) is -3.82. The molecule has 1 amide bonds. The second kappa shape index (κ2) is 10.5. The van der Waals surface area contributed by atoms with Crippen molar-refractivity contribution in [1.29, 1.82) is 0 Å². The predicted molar refractivity (Wildman–Crippen MR) is 140 cm³/mol. The van der Waals surface area contributed by atoms with Crippen LogP contribution in [0.15, 0.2) is 71.1 Å². The molecule has 0 bridgehead atoms. The predicted octanol–water partition coefficient (Wildman–Crippen LogP) is 5.23. The molecule has 4 rings (SSSR count). The van der Waals surface area contributed by atoms with Gasteiger partial charge < -0.3 is 19.6 Å². The number of fused-ring (bicyclic) bond motifs is 1. The number of esters is 1. The molecule has 9 nitrogen and oxygen atoms in total. The van der Waals surface area contributed by atoms with Crippen LogP contribution in [0.2, 0.25) is 0 Å². The summed E-state index contributed by atoms with van der Waals surface area (Å²) in [5, 5.41) is 0.183. The molecule has 3 aromatic carbocycles. The van der Waals surface area contributed by atoms with Gasteiger partial charge in [0.25, 0.3) is 0 Å². The summed E-state index contributed by atoms with van der Waals surface area (Å²) < 4.78 is 57.2. The van der Waals surface area contributed by atoms with Crippen molar-refractivity contribution in [3.63, 3.8) is 0 Å². The van der Waals surface area contributed by atoms with Gasteiger partial charge in [0.15, 0.2) is 0 Å². The lowest BCUT2D eigenvalue weighted by Crippen LogP contribution is -2.30. The van der Waals surface area contributed by atoms with Crippen LogP contribution in [0.1, 0.15) is 29.8 Å². The van der Waals surface area contributed by atoms with Gasteiger partial charge in [-0.05, 0) is 49.7 Å². The first-order valence-electron chi connectivity index (χ1n) is 11.5. The Morgan fingerprint density at radius 1 is 1.05 bits per heavy atom. The van der Waals surface area contributed by atoms with Gasteiger partial charge in [-0.25, -0.2) is 22.4 Å². The molecule has 2 N–H and O–H groups in total. The number of nitrogens with zero attached hydrogens (tertiary/aromatic N) is 1. The molecule has 0 saturated heterocycles. The Hall–Kier alpha value is -4.38. The summed E-state index contributed by atoms with van der Waals surface area (Å²) in [4.78, 5) is 24.3. The molecule has 11 heteroatoms. The number of furan rings is 1. The Kier molecular flexibility index (Phi) is 7.40. The molecule has 0 aliphatic heterocycles. The molecule has 0 saturated carbocycles. The smallest absolute Gasteiger partial charge is 0.412 e. The van der Waals surface area contributed by atoms with E-state index in [0.717, 1.165) is 11.8 Å². The fourth-order valence-corrected chi connectivity index (χ4v) is 4.82. The standard InChI is InChI=1S/C27H25FN2O7S/c1-16(2)35-23-13-20-22(14-21(23)30(38(3,33)34)15-17-7-5-4-6-8-17)36-25(18-9-11-19(28)12-10-18)24(20)26(31)37-27(29)32/h4-14,16H,15H2,1-3H3,(H2,29,32). The quantitative estimate of drug-likeness (QED) is 0.239. The number of hydrogen-bond donors (Lipinski definition) is 1. The van der Waals surface area contributed by atoms with Crippen LogP contribution in [-0.4, -0.2) is 32.8 Å². The summed E-state index contributed by atoms with van der Waals surface area (Å²) >= 11 is 0. The monoisotopic (exact) mass is 540 g/mol. The highest BCUT2D eigenvalue weighted by Crippen LogP contribution is 2.42. The van der Waals surface area contributed by atoms with Crippen LogP contribution >= 0.6 is 0 Å². The van der Waals surface area contributed by atoms with E-state index in [1.807, 2.05) is 6.07 Å². The zero-order valence-corrected chi connectivity index (χ0v) is 21.6. The zero-order valence-electron chi connectivity index (χ0n) is 20.8. The average molecular weight is 541 g/mol. The van der Waals surface area contributed by atoms with Crippen LogP contribution in [0.4, 0.5) is 14.9 Å². The molecular formula is C27H25FN2O7S. The fourth-order valence-electron chi connectivity index (χ4n) is 3.94. The van der Waals surface area contributed by atoms with Gasteiger partial charge in [0, 0.05) is 17.0 Å². The third-order valence-corrected chi connectivity index (χ3v) is 6.60. The van der Waals surface area contributed by atoms with Crippen molar-refractivity contribution in [2.45, 2.75) is 26.5 Å². The first-order chi connectivity index (χ1) is 17.9. The van der Waals surface area contributed by atoms with Crippen LogP contribution in [0.5, 0.6) is 5.75 Å². The Balaban J connectivity index is 1.99. The van der Waals surface area contributed by atoms with Crippen LogP contribution in [0.3, 0.4) is 0 Å². The van der Waals surface area contributed by atoms with Crippen molar-refractivity contribution in [2.24, 2.45) is 5.73 Å². The summed E-state index contributed by atoms with van der Waals surface area (Å²) in [6.45, 7) is 3.52. The van der Waals surface area contributed by atoms with Crippen LogP contribution < -0.4 is 14.8 Å².